The third-order valence-corrected chi connectivity index (χ3v) is 1.11. The average Bonchev–Trinajstić information content (AvgIpc) is 1.65. The second-order valence-corrected chi connectivity index (χ2v) is 2.33. The number of hydrogen-bond donors (Lipinski definition) is 1. The molecule has 0 aromatic heterocycles. The summed E-state index contributed by atoms with van der Waals surface area (Å²) >= 11 is 9.20. The zero-order valence-electron chi connectivity index (χ0n) is 3.94. The lowest BCUT2D eigenvalue weighted by Gasteiger charge is -2.09. The standard InChI is InChI=1S/C3H2Cl2F2O2/c4-1(5)3(6,7)2(8)9/h1H,(H,8,9). The van der Waals surface area contributed by atoms with Gasteiger partial charge in [0.25, 0.3) is 0 Å². The molecule has 9 heavy (non-hydrogen) atoms. The first-order valence-electron chi connectivity index (χ1n) is 1.78. The van der Waals surface area contributed by atoms with E-state index in [0.29, 0.717) is 0 Å². The average molecular weight is 179 g/mol. The highest BCUT2D eigenvalue weighted by Crippen LogP contribution is 2.26. The van der Waals surface area contributed by atoms with E-state index in [-0.39, 0.29) is 0 Å². The zero-order chi connectivity index (χ0) is 7.65. The van der Waals surface area contributed by atoms with Crippen LogP contribution in [0.25, 0.3) is 0 Å². The smallest absolute Gasteiger partial charge is 0.377 e. The molecule has 0 aliphatic rings. The SMILES string of the molecule is O=C(O)C(F)(F)C(Cl)Cl. The van der Waals surface area contributed by atoms with Crippen LogP contribution >= 0.6 is 23.2 Å². The predicted octanol–water partition coefficient (Wildman–Crippen LogP) is 1.51. The maximum Gasteiger partial charge on any atom is 0.377 e. The molecule has 54 valence electrons. The maximum absolute atomic E-state index is 11.8. The van der Waals surface area contributed by atoms with Gasteiger partial charge in [-0.1, -0.05) is 23.2 Å². The number of aliphatic carboxylic acids is 1. The molecule has 0 saturated heterocycles. The monoisotopic (exact) mass is 178 g/mol. The highest BCUT2D eigenvalue weighted by atomic mass is 35.5. The molecule has 0 heterocycles. The molecule has 2 nitrogen and oxygen atoms in total. The first-order chi connectivity index (χ1) is 3.89. The van der Waals surface area contributed by atoms with E-state index in [1.807, 2.05) is 0 Å². The minimum Gasteiger partial charge on any atom is -0.477 e. The van der Waals surface area contributed by atoms with E-state index in [1.165, 1.54) is 0 Å². The Kier molecular flexibility index (Phi) is 2.64. The fourth-order valence-corrected chi connectivity index (χ4v) is 0.280. The Bertz CT molecular complexity index is 125. The van der Waals surface area contributed by atoms with Crippen LogP contribution in [0.5, 0.6) is 0 Å². The van der Waals surface area contributed by atoms with Crippen molar-refractivity contribution in [2.24, 2.45) is 0 Å². The Morgan fingerprint density at radius 1 is 1.56 bits per heavy atom. The molecular formula is C3H2Cl2F2O2. The van der Waals surface area contributed by atoms with Crippen molar-refractivity contribution in [1.82, 2.24) is 0 Å². The lowest BCUT2D eigenvalue weighted by atomic mass is 10.4. The zero-order valence-corrected chi connectivity index (χ0v) is 5.46. The van der Waals surface area contributed by atoms with Crippen LogP contribution in [0.2, 0.25) is 0 Å². The third kappa shape index (κ3) is 1.95. The Morgan fingerprint density at radius 3 is 1.89 bits per heavy atom. The predicted molar refractivity (Wildman–Crippen MR) is 28.1 cm³/mol. The van der Waals surface area contributed by atoms with E-state index in [2.05, 4.69) is 23.2 Å². The van der Waals surface area contributed by atoms with Crippen LogP contribution in [0.4, 0.5) is 8.78 Å². The largest absolute Gasteiger partial charge is 0.477 e. The molecule has 0 aromatic carbocycles. The van der Waals surface area contributed by atoms with E-state index in [1.54, 1.807) is 0 Å². The Balaban J connectivity index is 4.19. The van der Waals surface area contributed by atoms with Gasteiger partial charge in [0.15, 0.2) is 4.84 Å². The fraction of sp³-hybridized carbons (Fsp3) is 0.667. The van der Waals surface area contributed by atoms with Crippen molar-refractivity contribution in [3.63, 3.8) is 0 Å². The Morgan fingerprint density at radius 2 is 1.89 bits per heavy atom. The molecule has 0 fully saturated rings. The molecule has 1 N–H and O–H groups in total. The van der Waals surface area contributed by atoms with Gasteiger partial charge in [0.2, 0.25) is 0 Å². The Hall–Kier alpha value is -0.0900. The van der Waals surface area contributed by atoms with Crippen LogP contribution in [-0.4, -0.2) is 21.8 Å². The molecule has 0 radical (unpaired) electrons. The number of alkyl halides is 4. The lowest BCUT2D eigenvalue weighted by Crippen LogP contribution is -2.34. The van der Waals surface area contributed by atoms with E-state index in [9.17, 15) is 13.6 Å². The van der Waals surface area contributed by atoms with E-state index < -0.39 is 16.7 Å². The van der Waals surface area contributed by atoms with Crippen LogP contribution in [0.15, 0.2) is 0 Å². The topological polar surface area (TPSA) is 37.3 Å². The van der Waals surface area contributed by atoms with Crippen molar-refractivity contribution in [1.29, 1.82) is 0 Å². The van der Waals surface area contributed by atoms with Gasteiger partial charge in [-0.3, -0.25) is 0 Å². The van der Waals surface area contributed by atoms with E-state index in [0.717, 1.165) is 0 Å². The van der Waals surface area contributed by atoms with Gasteiger partial charge in [0.1, 0.15) is 0 Å². The van der Waals surface area contributed by atoms with Gasteiger partial charge in [-0.25, -0.2) is 4.79 Å². The molecule has 0 unspecified atom stereocenters. The second-order valence-electron chi connectivity index (χ2n) is 1.23. The van der Waals surface area contributed by atoms with Crippen molar-refractivity contribution >= 4 is 29.2 Å². The third-order valence-electron chi connectivity index (χ3n) is 0.559. The van der Waals surface area contributed by atoms with Crippen LogP contribution in [0.3, 0.4) is 0 Å². The molecule has 6 heteroatoms. The first kappa shape index (κ1) is 8.91. The molecule has 0 saturated carbocycles. The highest BCUT2D eigenvalue weighted by Gasteiger charge is 2.45. The van der Waals surface area contributed by atoms with Crippen LogP contribution in [0.1, 0.15) is 0 Å². The van der Waals surface area contributed by atoms with Crippen LogP contribution in [0, 0.1) is 0 Å². The molecule has 0 rings (SSSR count). The minimum atomic E-state index is -4.05. The molecule has 0 aromatic rings. The summed E-state index contributed by atoms with van der Waals surface area (Å²) in [7, 11) is 0. The molecule has 0 bridgehead atoms. The number of carbonyl (C=O) groups is 1. The van der Waals surface area contributed by atoms with Gasteiger partial charge in [-0.2, -0.15) is 8.78 Å². The molecular weight excluding hydrogens is 177 g/mol. The van der Waals surface area contributed by atoms with Crippen molar-refractivity contribution in [2.45, 2.75) is 10.8 Å². The van der Waals surface area contributed by atoms with Gasteiger partial charge in [-0.15, -0.1) is 0 Å². The molecule has 0 aliphatic carbocycles. The number of carboxylic acid groups (broad SMARTS) is 1. The summed E-state index contributed by atoms with van der Waals surface area (Å²) in [5.74, 6) is -6.37. The normalized spacial score (nSPS) is 12.1. The van der Waals surface area contributed by atoms with E-state index >= 15 is 0 Å². The number of halogens is 4. The number of hydrogen-bond acceptors (Lipinski definition) is 1. The summed E-state index contributed by atoms with van der Waals surface area (Å²) in [6, 6.07) is 0. The summed E-state index contributed by atoms with van der Waals surface area (Å²) in [6.45, 7) is 0. The summed E-state index contributed by atoms with van der Waals surface area (Å²) in [5, 5.41) is 7.69. The van der Waals surface area contributed by atoms with Crippen LogP contribution < -0.4 is 0 Å². The first-order valence-corrected chi connectivity index (χ1v) is 2.65. The lowest BCUT2D eigenvalue weighted by molar-refractivity contribution is -0.162. The van der Waals surface area contributed by atoms with Crippen molar-refractivity contribution < 1.29 is 18.7 Å². The van der Waals surface area contributed by atoms with Gasteiger partial charge in [-0.05, 0) is 0 Å². The second kappa shape index (κ2) is 2.66. The maximum atomic E-state index is 11.8. The summed E-state index contributed by atoms with van der Waals surface area (Å²) in [5.41, 5.74) is 0. The minimum absolute atomic E-state index is 2.20. The summed E-state index contributed by atoms with van der Waals surface area (Å²) in [4.78, 5) is 7.34. The molecule has 0 aliphatic heterocycles. The van der Waals surface area contributed by atoms with Gasteiger partial charge < -0.3 is 5.11 Å². The fourth-order valence-electron chi connectivity index (χ4n) is 0.0933. The Labute approximate surface area is 59.4 Å². The molecule has 0 spiro atoms. The van der Waals surface area contributed by atoms with Crippen molar-refractivity contribution in [3.8, 4) is 0 Å². The highest BCUT2D eigenvalue weighted by molar-refractivity contribution is 6.46. The van der Waals surface area contributed by atoms with Gasteiger partial charge in [0, 0.05) is 0 Å². The molecule has 0 atom stereocenters. The van der Waals surface area contributed by atoms with Crippen LogP contribution in [-0.2, 0) is 4.79 Å². The molecule has 0 amide bonds. The van der Waals surface area contributed by atoms with Crippen molar-refractivity contribution in [3.05, 3.63) is 0 Å². The summed E-state index contributed by atoms with van der Waals surface area (Å²) in [6.07, 6.45) is 0. The van der Waals surface area contributed by atoms with E-state index in [4.69, 9.17) is 5.11 Å². The number of carboxylic acids is 1. The van der Waals surface area contributed by atoms with Gasteiger partial charge >= 0.3 is 11.9 Å². The quantitative estimate of drug-likeness (QED) is 0.652. The number of rotatable bonds is 2. The summed E-state index contributed by atoms with van der Waals surface area (Å²) < 4.78 is 23.6. The van der Waals surface area contributed by atoms with Gasteiger partial charge in [0.05, 0.1) is 0 Å². The van der Waals surface area contributed by atoms with Crippen molar-refractivity contribution in [2.75, 3.05) is 0 Å².